The van der Waals surface area contributed by atoms with E-state index in [0.29, 0.717) is 11.4 Å². The van der Waals surface area contributed by atoms with Crippen LogP contribution in [0.4, 0.5) is 4.39 Å². The minimum Gasteiger partial charge on any atom is -0.348 e. The highest BCUT2D eigenvalue weighted by Crippen LogP contribution is 2.13. The van der Waals surface area contributed by atoms with Gasteiger partial charge >= 0.3 is 0 Å². The van der Waals surface area contributed by atoms with Crippen molar-refractivity contribution in [3.63, 3.8) is 0 Å². The van der Waals surface area contributed by atoms with E-state index in [1.807, 2.05) is 0 Å². The van der Waals surface area contributed by atoms with E-state index in [-0.39, 0.29) is 5.56 Å². The van der Waals surface area contributed by atoms with Gasteiger partial charge in [0.2, 0.25) is 0 Å². The lowest BCUT2D eigenvalue weighted by Gasteiger charge is -2.06. The van der Waals surface area contributed by atoms with Crippen LogP contribution in [0.15, 0.2) is 47.6 Å². The van der Waals surface area contributed by atoms with Gasteiger partial charge in [-0.2, -0.15) is 0 Å². The molecule has 0 unspecified atom stereocenters. The average Bonchev–Trinajstić information content (AvgIpc) is 2.40. The zero-order chi connectivity index (χ0) is 13.0. The standard InChI is InChI=1S/C13H11FN2OS/c14-12-2-1-10(18)7-11(12)13(17)16-8-9-3-5-15-6-4-9/h1-7,18H,8H2,(H,16,17). The van der Waals surface area contributed by atoms with Gasteiger partial charge in [0, 0.05) is 23.8 Å². The van der Waals surface area contributed by atoms with Gasteiger partial charge in [-0.05, 0) is 35.9 Å². The highest BCUT2D eigenvalue weighted by molar-refractivity contribution is 7.80. The molecule has 0 bridgehead atoms. The van der Waals surface area contributed by atoms with Crippen LogP contribution in [0, 0.1) is 5.82 Å². The lowest BCUT2D eigenvalue weighted by atomic mass is 10.2. The maximum Gasteiger partial charge on any atom is 0.254 e. The van der Waals surface area contributed by atoms with Crippen molar-refractivity contribution in [3.8, 4) is 0 Å². The quantitative estimate of drug-likeness (QED) is 0.834. The first-order valence-corrected chi connectivity index (χ1v) is 5.77. The lowest BCUT2D eigenvalue weighted by Crippen LogP contribution is -2.23. The Kier molecular flexibility index (Phi) is 3.94. The molecule has 5 heteroatoms. The second kappa shape index (κ2) is 5.64. The number of thiol groups is 1. The molecule has 3 nitrogen and oxygen atoms in total. The molecule has 1 N–H and O–H groups in total. The SMILES string of the molecule is O=C(NCc1ccncc1)c1cc(S)ccc1F. The fourth-order valence-corrected chi connectivity index (χ4v) is 1.67. The van der Waals surface area contributed by atoms with Crippen molar-refractivity contribution in [1.29, 1.82) is 0 Å². The zero-order valence-electron chi connectivity index (χ0n) is 9.43. The molecule has 1 heterocycles. The summed E-state index contributed by atoms with van der Waals surface area (Å²) in [5.41, 5.74) is 0.900. The van der Waals surface area contributed by atoms with Crippen LogP contribution in [0.5, 0.6) is 0 Å². The molecule has 1 aromatic carbocycles. The van der Waals surface area contributed by atoms with Gasteiger partial charge in [0.25, 0.3) is 5.91 Å². The van der Waals surface area contributed by atoms with Crippen molar-refractivity contribution < 1.29 is 9.18 Å². The summed E-state index contributed by atoms with van der Waals surface area (Å²) in [6.45, 7) is 0.331. The Morgan fingerprint density at radius 2 is 2.00 bits per heavy atom. The third kappa shape index (κ3) is 3.07. The van der Waals surface area contributed by atoms with Crippen LogP contribution in [-0.2, 0) is 6.54 Å². The van der Waals surface area contributed by atoms with E-state index in [4.69, 9.17) is 0 Å². The van der Waals surface area contributed by atoms with Gasteiger partial charge in [-0.3, -0.25) is 9.78 Å². The number of aromatic nitrogens is 1. The van der Waals surface area contributed by atoms with Gasteiger partial charge in [-0.15, -0.1) is 12.6 Å². The topological polar surface area (TPSA) is 42.0 Å². The number of nitrogens with zero attached hydrogens (tertiary/aromatic N) is 1. The van der Waals surface area contributed by atoms with Crippen LogP contribution in [0.2, 0.25) is 0 Å². The molecule has 0 saturated heterocycles. The number of amides is 1. The van der Waals surface area contributed by atoms with Crippen molar-refractivity contribution in [2.45, 2.75) is 11.4 Å². The molecular weight excluding hydrogens is 251 g/mol. The number of hydrogen-bond donors (Lipinski definition) is 2. The maximum absolute atomic E-state index is 13.4. The van der Waals surface area contributed by atoms with Crippen LogP contribution < -0.4 is 5.32 Å². The molecule has 0 aliphatic heterocycles. The van der Waals surface area contributed by atoms with Crippen LogP contribution in [0.1, 0.15) is 15.9 Å². The number of benzene rings is 1. The fourth-order valence-electron chi connectivity index (χ4n) is 1.47. The first kappa shape index (κ1) is 12.6. The third-order valence-electron chi connectivity index (χ3n) is 2.40. The van der Waals surface area contributed by atoms with Crippen molar-refractivity contribution in [1.82, 2.24) is 10.3 Å². The summed E-state index contributed by atoms with van der Waals surface area (Å²) in [7, 11) is 0. The minimum absolute atomic E-state index is 0.00319. The molecule has 18 heavy (non-hydrogen) atoms. The molecule has 0 saturated carbocycles. The summed E-state index contributed by atoms with van der Waals surface area (Å²) in [5.74, 6) is -1.01. The monoisotopic (exact) mass is 262 g/mol. The summed E-state index contributed by atoms with van der Waals surface area (Å²) in [5, 5.41) is 2.64. The molecule has 1 amide bonds. The Hall–Kier alpha value is -1.88. The van der Waals surface area contributed by atoms with Gasteiger partial charge in [0.05, 0.1) is 5.56 Å². The van der Waals surface area contributed by atoms with Crippen LogP contribution >= 0.6 is 12.6 Å². The maximum atomic E-state index is 13.4. The van der Waals surface area contributed by atoms with E-state index in [1.165, 1.54) is 18.2 Å². The van der Waals surface area contributed by atoms with Crippen molar-refractivity contribution >= 4 is 18.5 Å². The molecule has 1 aromatic heterocycles. The summed E-state index contributed by atoms with van der Waals surface area (Å²) >= 11 is 4.08. The Bertz CT molecular complexity index is 560. The Morgan fingerprint density at radius 1 is 1.28 bits per heavy atom. The largest absolute Gasteiger partial charge is 0.348 e. The summed E-state index contributed by atoms with van der Waals surface area (Å²) < 4.78 is 13.4. The van der Waals surface area contributed by atoms with Crippen LogP contribution in [-0.4, -0.2) is 10.9 Å². The van der Waals surface area contributed by atoms with E-state index in [9.17, 15) is 9.18 Å². The summed E-state index contributed by atoms with van der Waals surface area (Å²) in [6, 6.07) is 7.69. The zero-order valence-corrected chi connectivity index (χ0v) is 10.3. The van der Waals surface area contributed by atoms with Gasteiger partial charge in [-0.1, -0.05) is 0 Å². The predicted octanol–water partition coefficient (Wildman–Crippen LogP) is 2.44. The number of pyridine rings is 1. The number of carbonyl (C=O) groups excluding carboxylic acids is 1. The number of rotatable bonds is 3. The molecule has 0 aliphatic rings. The molecule has 2 rings (SSSR count). The molecule has 92 valence electrons. The van der Waals surface area contributed by atoms with E-state index < -0.39 is 11.7 Å². The van der Waals surface area contributed by atoms with E-state index >= 15 is 0 Å². The molecule has 0 aliphatic carbocycles. The number of halogens is 1. The van der Waals surface area contributed by atoms with Gasteiger partial charge < -0.3 is 5.32 Å². The van der Waals surface area contributed by atoms with Crippen molar-refractivity contribution in [2.24, 2.45) is 0 Å². The first-order valence-electron chi connectivity index (χ1n) is 5.32. The van der Waals surface area contributed by atoms with E-state index in [2.05, 4.69) is 22.9 Å². The van der Waals surface area contributed by atoms with E-state index in [1.54, 1.807) is 24.5 Å². The number of hydrogen-bond acceptors (Lipinski definition) is 3. The Balaban J connectivity index is 2.06. The van der Waals surface area contributed by atoms with Crippen LogP contribution in [0.3, 0.4) is 0 Å². The molecule has 0 fully saturated rings. The van der Waals surface area contributed by atoms with Gasteiger partial charge in [0.15, 0.2) is 0 Å². The Labute approximate surface area is 109 Å². The smallest absolute Gasteiger partial charge is 0.254 e. The molecular formula is C13H11FN2OS. The first-order chi connectivity index (χ1) is 8.66. The average molecular weight is 262 g/mol. The lowest BCUT2D eigenvalue weighted by molar-refractivity contribution is 0.0946. The third-order valence-corrected chi connectivity index (χ3v) is 2.68. The molecule has 0 spiro atoms. The summed E-state index contributed by atoms with van der Waals surface area (Å²) in [6.07, 6.45) is 3.27. The molecule has 2 aromatic rings. The highest BCUT2D eigenvalue weighted by Gasteiger charge is 2.11. The predicted molar refractivity (Wildman–Crippen MR) is 69.1 cm³/mol. The summed E-state index contributed by atoms with van der Waals surface area (Å²) in [4.78, 5) is 16.2. The fraction of sp³-hybridized carbons (Fsp3) is 0.0769. The highest BCUT2D eigenvalue weighted by atomic mass is 32.1. The number of carbonyl (C=O) groups is 1. The number of nitrogens with one attached hydrogen (secondary N) is 1. The van der Waals surface area contributed by atoms with Crippen molar-refractivity contribution in [2.75, 3.05) is 0 Å². The minimum atomic E-state index is -0.556. The van der Waals surface area contributed by atoms with E-state index in [0.717, 1.165) is 5.56 Å². The molecule has 0 atom stereocenters. The molecule has 0 radical (unpaired) electrons. The second-order valence-corrected chi connectivity index (χ2v) is 4.22. The van der Waals surface area contributed by atoms with Crippen molar-refractivity contribution in [3.05, 3.63) is 59.7 Å². The Morgan fingerprint density at radius 3 is 2.72 bits per heavy atom. The van der Waals surface area contributed by atoms with Crippen LogP contribution in [0.25, 0.3) is 0 Å². The normalized spacial score (nSPS) is 10.1. The van der Waals surface area contributed by atoms with Gasteiger partial charge in [0.1, 0.15) is 5.82 Å². The second-order valence-electron chi connectivity index (χ2n) is 3.70. The van der Waals surface area contributed by atoms with Gasteiger partial charge in [-0.25, -0.2) is 4.39 Å².